The highest BCUT2D eigenvalue weighted by atomic mass is 14.0. The first kappa shape index (κ1) is 19.0. The van der Waals surface area contributed by atoms with E-state index in [0.717, 1.165) is 6.42 Å². The number of benzene rings is 1. The minimum absolute atomic E-state index is 0.674. The van der Waals surface area contributed by atoms with Gasteiger partial charge in [-0.3, -0.25) is 0 Å². The van der Waals surface area contributed by atoms with Gasteiger partial charge < -0.3 is 0 Å². The summed E-state index contributed by atoms with van der Waals surface area (Å²) in [5.41, 5.74) is 2.78. The average Bonchev–Trinajstić information content (AvgIpc) is 2.42. The van der Waals surface area contributed by atoms with Crippen LogP contribution in [0.2, 0.25) is 0 Å². The number of hydrogen-bond acceptors (Lipinski definition) is 0. The van der Waals surface area contributed by atoms with E-state index in [1.165, 1.54) is 11.1 Å². The molecule has 0 amide bonds. The summed E-state index contributed by atoms with van der Waals surface area (Å²) < 4.78 is 0. The lowest BCUT2D eigenvalue weighted by Crippen LogP contribution is -1.92. The standard InChI is InChI=1S/C9H16.C7H8.C2H6/c1-5-7-9(4)8(3)6-2;1-7-5-3-2-4-6-7;1-2/h5-6,9H,1,7H2,2-4H3;2-6H,1H3;1-2H3/b8-6-;;. The number of rotatable bonds is 3. The van der Waals surface area contributed by atoms with Crippen LogP contribution in [0.1, 0.15) is 46.6 Å². The molecule has 0 fully saturated rings. The predicted octanol–water partition coefficient (Wildman–Crippen LogP) is 6.19. The van der Waals surface area contributed by atoms with Gasteiger partial charge in [-0.05, 0) is 33.1 Å². The highest BCUT2D eigenvalue weighted by Gasteiger charge is 1.98. The van der Waals surface area contributed by atoms with Crippen LogP contribution in [-0.4, -0.2) is 0 Å². The highest BCUT2D eigenvalue weighted by molar-refractivity contribution is 5.11. The van der Waals surface area contributed by atoms with Crippen molar-refractivity contribution >= 4 is 0 Å². The molecule has 1 unspecified atom stereocenters. The molecule has 0 saturated carbocycles. The fourth-order valence-corrected chi connectivity index (χ4v) is 1.25. The Morgan fingerprint density at radius 3 is 2.00 bits per heavy atom. The Bertz CT molecular complexity index is 306. The maximum Gasteiger partial charge on any atom is -0.0200 e. The van der Waals surface area contributed by atoms with E-state index in [1.54, 1.807) is 0 Å². The van der Waals surface area contributed by atoms with Crippen molar-refractivity contribution in [2.75, 3.05) is 0 Å². The normalized spacial score (nSPS) is 11.3. The van der Waals surface area contributed by atoms with Crippen LogP contribution in [0.5, 0.6) is 0 Å². The average molecular weight is 246 g/mol. The molecule has 18 heavy (non-hydrogen) atoms. The zero-order valence-electron chi connectivity index (χ0n) is 13.0. The maximum atomic E-state index is 3.69. The molecule has 0 heterocycles. The van der Waals surface area contributed by atoms with Crippen molar-refractivity contribution in [3.8, 4) is 0 Å². The summed E-state index contributed by atoms with van der Waals surface area (Å²) in [6.45, 7) is 16.2. The Balaban J connectivity index is 0. The second-order valence-electron chi connectivity index (χ2n) is 4.11. The van der Waals surface area contributed by atoms with Crippen molar-refractivity contribution in [3.05, 3.63) is 60.2 Å². The SMILES string of the molecule is C=CCC(C)/C(C)=C\C.CC.Cc1ccccc1. The molecule has 0 bridgehead atoms. The first-order valence-corrected chi connectivity index (χ1v) is 6.87. The highest BCUT2D eigenvalue weighted by Crippen LogP contribution is 2.12. The van der Waals surface area contributed by atoms with Crippen molar-refractivity contribution in [1.29, 1.82) is 0 Å². The Morgan fingerprint density at radius 2 is 1.72 bits per heavy atom. The molecule has 0 nitrogen and oxygen atoms in total. The summed E-state index contributed by atoms with van der Waals surface area (Å²) in [5, 5.41) is 0. The zero-order chi connectivity index (χ0) is 14.4. The van der Waals surface area contributed by atoms with Gasteiger partial charge in [0.25, 0.3) is 0 Å². The zero-order valence-corrected chi connectivity index (χ0v) is 13.0. The van der Waals surface area contributed by atoms with E-state index in [9.17, 15) is 0 Å². The molecule has 0 radical (unpaired) electrons. The third-order valence-electron chi connectivity index (χ3n) is 2.69. The number of allylic oxidation sites excluding steroid dienone is 3. The van der Waals surface area contributed by atoms with E-state index >= 15 is 0 Å². The molecule has 0 heteroatoms. The lowest BCUT2D eigenvalue weighted by Gasteiger charge is -2.07. The largest absolute Gasteiger partial charge is 0.103 e. The lowest BCUT2D eigenvalue weighted by molar-refractivity contribution is 0.694. The van der Waals surface area contributed by atoms with E-state index < -0.39 is 0 Å². The van der Waals surface area contributed by atoms with Crippen LogP contribution in [0.25, 0.3) is 0 Å². The van der Waals surface area contributed by atoms with Crippen LogP contribution in [0.4, 0.5) is 0 Å². The molecular formula is C18H30. The fraction of sp³-hybridized carbons (Fsp3) is 0.444. The van der Waals surface area contributed by atoms with Gasteiger partial charge in [0.05, 0.1) is 0 Å². The smallest absolute Gasteiger partial charge is 0.0200 e. The quantitative estimate of drug-likeness (QED) is 0.558. The minimum Gasteiger partial charge on any atom is -0.103 e. The summed E-state index contributed by atoms with van der Waals surface area (Å²) in [7, 11) is 0. The Hall–Kier alpha value is -1.30. The summed E-state index contributed by atoms with van der Waals surface area (Å²) in [6.07, 6.45) is 5.22. The Kier molecular flexibility index (Phi) is 14.6. The lowest BCUT2D eigenvalue weighted by atomic mass is 9.99. The first-order valence-electron chi connectivity index (χ1n) is 6.87. The second kappa shape index (κ2) is 13.8. The molecule has 0 aliphatic rings. The van der Waals surface area contributed by atoms with Crippen LogP contribution in [-0.2, 0) is 0 Å². The van der Waals surface area contributed by atoms with Gasteiger partial charge >= 0.3 is 0 Å². The molecule has 102 valence electrons. The maximum absolute atomic E-state index is 3.69. The van der Waals surface area contributed by atoms with E-state index in [-0.39, 0.29) is 0 Å². The van der Waals surface area contributed by atoms with Gasteiger partial charge in [-0.2, -0.15) is 0 Å². The van der Waals surface area contributed by atoms with E-state index in [2.05, 4.69) is 52.5 Å². The molecule has 0 spiro atoms. The molecule has 0 saturated heterocycles. The fourth-order valence-electron chi connectivity index (χ4n) is 1.25. The molecular weight excluding hydrogens is 216 g/mol. The number of hydrogen-bond donors (Lipinski definition) is 0. The molecule has 1 aromatic carbocycles. The van der Waals surface area contributed by atoms with Gasteiger partial charge in [0, 0.05) is 0 Å². The third-order valence-corrected chi connectivity index (χ3v) is 2.69. The van der Waals surface area contributed by atoms with Gasteiger partial charge in [0.1, 0.15) is 0 Å². The van der Waals surface area contributed by atoms with Crippen LogP contribution < -0.4 is 0 Å². The topological polar surface area (TPSA) is 0 Å². The van der Waals surface area contributed by atoms with Gasteiger partial charge in [-0.15, -0.1) is 6.58 Å². The molecule has 0 N–H and O–H groups in total. The van der Waals surface area contributed by atoms with Crippen molar-refractivity contribution in [3.63, 3.8) is 0 Å². The van der Waals surface area contributed by atoms with Gasteiger partial charge in [0.2, 0.25) is 0 Å². The second-order valence-corrected chi connectivity index (χ2v) is 4.11. The summed E-state index contributed by atoms with van der Waals surface area (Å²) in [6, 6.07) is 10.3. The van der Waals surface area contributed by atoms with Gasteiger partial charge in [-0.25, -0.2) is 0 Å². The van der Waals surface area contributed by atoms with E-state index in [1.807, 2.05) is 38.1 Å². The minimum atomic E-state index is 0.674. The van der Waals surface area contributed by atoms with Crippen LogP contribution in [0, 0.1) is 12.8 Å². The van der Waals surface area contributed by atoms with Crippen LogP contribution in [0.15, 0.2) is 54.6 Å². The van der Waals surface area contributed by atoms with Crippen molar-refractivity contribution in [1.82, 2.24) is 0 Å². The Morgan fingerprint density at radius 1 is 1.22 bits per heavy atom. The third kappa shape index (κ3) is 11.2. The molecule has 0 aliphatic carbocycles. The summed E-state index contributed by atoms with van der Waals surface area (Å²) in [4.78, 5) is 0. The molecule has 1 rings (SSSR count). The summed E-state index contributed by atoms with van der Waals surface area (Å²) >= 11 is 0. The van der Waals surface area contributed by atoms with Crippen molar-refractivity contribution in [2.45, 2.75) is 48.0 Å². The van der Waals surface area contributed by atoms with Crippen molar-refractivity contribution < 1.29 is 0 Å². The molecule has 0 aromatic heterocycles. The van der Waals surface area contributed by atoms with Crippen molar-refractivity contribution in [2.24, 2.45) is 5.92 Å². The van der Waals surface area contributed by atoms with Gasteiger partial charge in [0.15, 0.2) is 0 Å². The van der Waals surface area contributed by atoms with Crippen LogP contribution >= 0.6 is 0 Å². The molecule has 1 aromatic rings. The summed E-state index contributed by atoms with van der Waals surface area (Å²) in [5.74, 6) is 0.674. The number of aryl methyl sites for hydroxylation is 1. The van der Waals surface area contributed by atoms with E-state index in [0.29, 0.717) is 5.92 Å². The Labute approximate surface area is 114 Å². The monoisotopic (exact) mass is 246 g/mol. The van der Waals surface area contributed by atoms with Crippen LogP contribution in [0.3, 0.4) is 0 Å². The van der Waals surface area contributed by atoms with E-state index in [4.69, 9.17) is 0 Å². The molecule has 0 aliphatic heterocycles. The predicted molar refractivity (Wildman–Crippen MR) is 85.9 cm³/mol. The first-order chi connectivity index (χ1) is 8.61. The molecule has 1 atom stereocenters. The van der Waals surface area contributed by atoms with Gasteiger partial charge in [-0.1, -0.05) is 74.4 Å².